The number of nitrogens with zero attached hydrogens (tertiary/aromatic N) is 1. The molecule has 4 nitrogen and oxygen atoms in total. The molecule has 1 aromatic heterocycles. The lowest BCUT2D eigenvalue weighted by Gasteiger charge is -2.11. The topological polar surface area (TPSA) is 51.2 Å². The first-order valence-electron chi connectivity index (χ1n) is 9.78. The summed E-state index contributed by atoms with van der Waals surface area (Å²) in [5, 5.41) is 3.30. The molecule has 0 unspecified atom stereocenters. The number of anilines is 1. The van der Waals surface area contributed by atoms with Gasteiger partial charge in [-0.25, -0.2) is 4.98 Å². The van der Waals surface area contributed by atoms with Gasteiger partial charge in [0, 0.05) is 18.3 Å². The first kappa shape index (κ1) is 19.6. The second kappa shape index (κ2) is 10.3. The third-order valence-electron chi connectivity index (χ3n) is 4.47. The Bertz CT molecular complexity index is 894. The van der Waals surface area contributed by atoms with E-state index in [0.29, 0.717) is 29.3 Å². The summed E-state index contributed by atoms with van der Waals surface area (Å²) in [5.41, 5.74) is 2.26. The molecule has 3 aromatic rings. The summed E-state index contributed by atoms with van der Waals surface area (Å²) in [6, 6.07) is 20.9. The van der Waals surface area contributed by atoms with Crippen molar-refractivity contribution < 1.29 is 9.53 Å². The zero-order valence-corrected chi connectivity index (χ0v) is 16.2. The minimum atomic E-state index is -0.0590. The van der Waals surface area contributed by atoms with E-state index in [1.807, 2.05) is 54.6 Å². The number of unbranched alkanes of at least 4 members (excludes halogenated alkanes) is 2. The Morgan fingerprint density at radius 1 is 1.00 bits per heavy atom. The van der Waals surface area contributed by atoms with Gasteiger partial charge in [-0.3, -0.25) is 4.79 Å². The van der Waals surface area contributed by atoms with E-state index in [1.165, 1.54) is 0 Å². The van der Waals surface area contributed by atoms with Crippen LogP contribution in [-0.4, -0.2) is 17.3 Å². The SMILES string of the molecule is CCCCCNc1ncccc1C(=O)c1cccc(OCc2ccccc2)c1. The fourth-order valence-electron chi connectivity index (χ4n) is 2.93. The predicted octanol–water partition coefficient (Wildman–Crippen LogP) is 5.49. The first-order chi connectivity index (χ1) is 13.8. The molecule has 0 saturated heterocycles. The van der Waals surface area contributed by atoms with Gasteiger partial charge in [-0.2, -0.15) is 0 Å². The number of rotatable bonds is 10. The lowest BCUT2D eigenvalue weighted by Crippen LogP contribution is -2.10. The normalized spacial score (nSPS) is 10.5. The highest BCUT2D eigenvalue weighted by molar-refractivity contribution is 6.12. The van der Waals surface area contributed by atoms with Gasteiger partial charge in [-0.15, -0.1) is 0 Å². The molecule has 0 fully saturated rings. The average molecular weight is 374 g/mol. The highest BCUT2D eigenvalue weighted by atomic mass is 16.5. The van der Waals surface area contributed by atoms with Crippen molar-refractivity contribution in [2.75, 3.05) is 11.9 Å². The van der Waals surface area contributed by atoms with Crippen molar-refractivity contribution in [3.63, 3.8) is 0 Å². The molecule has 0 bridgehead atoms. The van der Waals surface area contributed by atoms with Crippen molar-refractivity contribution >= 4 is 11.6 Å². The number of carbonyl (C=O) groups is 1. The van der Waals surface area contributed by atoms with Crippen LogP contribution in [0.4, 0.5) is 5.82 Å². The predicted molar refractivity (Wildman–Crippen MR) is 113 cm³/mol. The smallest absolute Gasteiger partial charge is 0.196 e. The number of hydrogen-bond donors (Lipinski definition) is 1. The van der Waals surface area contributed by atoms with Crippen LogP contribution >= 0.6 is 0 Å². The second-order valence-electron chi connectivity index (χ2n) is 6.66. The van der Waals surface area contributed by atoms with Crippen LogP contribution in [0.3, 0.4) is 0 Å². The molecule has 0 aliphatic heterocycles. The molecule has 28 heavy (non-hydrogen) atoms. The molecule has 144 valence electrons. The molecule has 4 heteroatoms. The number of hydrogen-bond acceptors (Lipinski definition) is 4. The van der Waals surface area contributed by atoms with E-state index in [2.05, 4.69) is 17.2 Å². The molecule has 2 aromatic carbocycles. The molecule has 0 amide bonds. The Morgan fingerprint density at radius 3 is 2.68 bits per heavy atom. The monoisotopic (exact) mass is 374 g/mol. The fourth-order valence-corrected chi connectivity index (χ4v) is 2.93. The molecule has 1 N–H and O–H groups in total. The molecular weight excluding hydrogens is 348 g/mol. The summed E-state index contributed by atoms with van der Waals surface area (Å²) in [7, 11) is 0. The third kappa shape index (κ3) is 5.43. The van der Waals surface area contributed by atoms with E-state index in [-0.39, 0.29) is 5.78 Å². The summed E-state index contributed by atoms with van der Waals surface area (Å²) in [4.78, 5) is 17.4. The van der Waals surface area contributed by atoms with E-state index in [1.54, 1.807) is 18.3 Å². The van der Waals surface area contributed by atoms with Gasteiger partial charge in [0.1, 0.15) is 18.2 Å². The van der Waals surface area contributed by atoms with Gasteiger partial charge >= 0.3 is 0 Å². The number of pyridine rings is 1. The average Bonchev–Trinajstić information content (AvgIpc) is 2.76. The summed E-state index contributed by atoms with van der Waals surface area (Å²) >= 11 is 0. The van der Waals surface area contributed by atoms with Gasteiger partial charge in [-0.05, 0) is 36.2 Å². The van der Waals surface area contributed by atoms with Gasteiger partial charge in [-0.1, -0.05) is 62.2 Å². The van der Waals surface area contributed by atoms with Crippen LogP contribution in [0.15, 0.2) is 72.9 Å². The highest BCUT2D eigenvalue weighted by Crippen LogP contribution is 2.21. The Kier molecular flexibility index (Phi) is 7.19. The lowest BCUT2D eigenvalue weighted by atomic mass is 10.0. The van der Waals surface area contributed by atoms with E-state index in [4.69, 9.17) is 4.74 Å². The fraction of sp³-hybridized carbons (Fsp3) is 0.250. The Labute approximate surface area is 166 Å². The zero-order chi connectivity index (χ0) is 19.6. The maximum atomic E-state index is 13.0. The molecule has 3 rings (SSSR count). The van der Waals surface area contributed by atoms with Crippen LogP contribution in [0.2, 0.25) is 0 Å². The van der Waals surface area contributed by atoms with Gasteiger partial charge in [0.05, 0.1) is 5.56 Å². The lowest BCUT2D eigenvalue weighted by molar-refractivity contribution is 0.103. The molecule has 0 aliphatic rings. The minimum Gasteiger partial charge on any atom is -0.489 e. The van der Waals surface area contributed by atoms with E-state index in [0.717, 1.165) is 31.4 Å². The maximum Gasteiger partial charge on any atom is 0.196 e. The molecule has 0 aliphatic carbocycles. The van der Waals surface area contributed by atoms with Crippen molar-refractivity contribution in [1.29, 1.82) is 0 Å². The zero-order valence-electron chi connectivity index (χ0n) is 16.2. The van der Waals surface area contributed by atoms with Gasteiger partial charge in [0.15, 0.2) is 5.78 Å². The number of benzene rings is 2. The molecule has 1 heterocycles. The maximum absolute atomic E-state index is 13.0. The van der Waals surface area contributed by atoms with Crippen LogP contribution < -0.4 is 10.1 Å². The quantitative estimate of drug-likeness (QED) is 0.376. The number of nitrogens with one attached hydrogen (secondary N) is 1. The van der Waals surface area contributed by atoms with E-state index in [9.17, 15) is 4.79 Å². The van der Waals surface area contributed by atoms with Gasteiger partial charge in [0.25, 0.3) is 0 Å². The second-order valence-corrected chi connectivity index (χ2v) is 6.66. The van der Waals surface area contributed by atoms with E-state index < -0.39 is 0 Å². The summed E-state index contributed by atoms with van der Waals surface area (Å²) in [6.07, 6.45) is 5.08. The van der Waals surface area contributed by atoms with Crippen molar-refractivity contribution in [2.45, 2.75) is 32.8 Å². The number of ketones is 1. The van der Waals surface area contributed by atoms with Crippen LogP contribution in [0, 0.1) is 0 Å². The highest BCUT2D eigenvalue weighted by Gasteiger charge is 2.15. The Morgan fingerprint density at radius 2 is 1.86 bits per heavy atom. The number of ether oxygens (including phenoxy) is 1. The molecule has 0 radical (unpaired) electrons. The third-order valence-corrected chi connectivity index (χ3v) is 4.47. The largest absolute Gasteiger partial charge is 0.489 e. The standard InChI is InChI=1S/C24H26N2O2/c1-2-3-7-15-25-24-22(14-9-16-26-24)23(27)20-12-8-13-21(17-20)28-18-19-10-5-4-6-11-19/h4-6,8-14,16-17H,2-3,7,15,18H2,1H3,(H,25,26). The molecule has 0 saturated carbocycles. The van der Waals surface area contributed by atoms with Crippen molar-refractivity contribution in [3.8, 4) is 5.75 Å². The Balaban J connectivity index is 1.70. The van der Waals surface area contributed by atoms with Crippen LogP contribution in [0.25, 0.3) is 0 Å². The summed E-state index contributed by atoms with van der Waals surface area (Å²) in [5.74, 6) is 1.26. The summed E-state index contributed by atoms with van der Waals surface area (Å²) < 4.78 is 5.86. The van der Waals surface area contributed by atoms with Crippen LogP contribution in [0.5, 0.6) is 5.75 Å². The Hall–Kier alpha value is -3.14. The molecular formula is C24H26N2O2. The van der Waals surface area contributed by atoms with Crippen molar-refractivity contribution in [1.82, 2.24) is 4.98 Å². The van der Waals surface area contributed by atoms with Crippen molar-refractivity contribution in [3.05, 3.63) is 89.6 Å². The van der Waals surface area contributed by atoms with Gasteiger partial charge < -0.3 is 10.1 Å². The molecule has 0 spiro atoms. The first-order valence-corrected chi connectivity index (χ1v) is 9.78. The van der Waals surface area contributed by atoms with Crippen molar-refractivity contribution in [2.24, 2.45) is 0 Å². The van der Waals surface area contributed by atoms with Gasteiger partial charge in [0.2, 0.25) is 0 Å². The molecule has 0 atom stereocenters. The number of aromatic nitrogens is 1. The van der Waals surface area contributed by atoms with Crippen LogP contribution in [-0.2, 0) is 6.61 Å². The summed E-state index contributed by atoms with van der Waals surface area (Å²) in [6.45, 7) is 3.45. The number of carbonyl (C=O) groups excluding carboxylic acids is 1. The van der Waals surface area contributed by atoms with Crippen LogP contribution in [0.1, 0.15) is 47.7 Å². The minimum absolute atomic E-state index is 0.0590. The van der Waals surface area contributed by atoms with E-state index >= 15 is 0 Å².